The number of aromatic nitrogens is 4. The summed E-state index contributed by atoms with van der Waals surface area (Å²) in [7, 11) is 0. The molecule has 1 fully saturated rings. The van der Waals surface area contributed by atoms with Gasteiger partial charge in [0.05, 0.1) is 34.0 Å². The van der Waals surface area contributed by atoms with Crippen molar-refractivity contribution in [3.8, 4) is 0 Å². The van der Waals surface area contributed by atoms with E-state index in [0.29, 0.717) is 6.04 Å². The first-order valence-corrected chi connectivity index (χ1v) is 10.8. The quantitative estimate of drug-likeness (QED) is 0.493. The van der Waals surface area contributed by atoms with E-state index < -0.39 is 0 Å². The number of aryl methyl sites for hydroxylation is 2. The standard InChI is InChI=1S/C22H24N4OS/c1-13-4-5-19-18(8-13)22-21(15(3)24-19)25-20(10-16-11-28-12-23-16)26(22)17-6-7-27-14(2)9-17/h4-5,8,11-12,14,17H,6-7,9-10H2,1-3H3/t14-,17-/m1/s1. The van der Waals surface area contributed by atoms with Crippen LogP contribution in [0.25, 0.3) is 21.9 Å². The molecule has 0 spiro atoms. The lowest BCUT2D eigenvalue weighted by Gasteiger charge is -2.30. The first-order chi connectivity index (χ1) is 13.6. The van der Waals surface area contributed by atoms with Crippen LogP contribution in [0, 0.1) is 13.8 Å². The van der Waals surface area contributed by atoms with Crippen molar-refractivity contribution in [3.63, 3.8) is 0 Å². The number of thiazole rings is 1. The maximum absolute atomic E-state index is 5.84. The van der Waals surface area contributed by atoms with Crippen molar-refractivity contribution in [3.05, 3.63) is 51.9 Å². The fourth-order valence-corrected chi connectivity index (χ4v) is 4.93. The Hall–Kier alpha value is -2.31. The predicted molar refractivity (Wildman–Crippen MR) is 113 cm³/mol. The molecule has 4 heterocycles. The summed E-state index contributed by atoms with van der Waals surface area (Å²) in [5.74, 6) is 1.08. The zero-order chi connectivity index (χ0) is 19.3. The fourth-order valence-electron chi connectivity index (χ4n) is 4.37. The molecule has 3 aromatic heterocycles. The van der Waals surface area contributed by atoms with E-state index in [9.17, 15) is 0 Å². The molecule has 0 N–H and O–H groups in total. The maximum atomic E-state index is 5.84. The highest BCUT2D eigenvalue weighted by atomic mass is 32.1. The van der Waals surface area contributed by atoms with Crippen LogP contribution >= 0.6 is 11.3 Å². The minimum Gasteiger partial charge on any atom is -0.378 e. The molecule has 1 aliphatic heterocycles. The lowest BCUT2D eigenvalue weighted by atomic mass is 10.0. The van der Waals surface area contributed by atoms with Gasteiger partial charge < -0.3 is 9.30 Å². The number of imidazole rings is 1. The van der Waals surface area contributed by atoms with Crippen molar-refractivity contribution < 1.29 is 4.74 Å². The van der Waals surface area contributed by atoms with Crippen LogP contribution in [0.4, 0.5) is 0 Å². The first kappa shape index (κ1) is 17.8. The van der Waals surface area contributed by atoms with Gasteiger partial charge in [-0.15, -0.1) is 11.3 Å². The third-order valence-electron chi connectivity index (χ3n) is 5.67. The summed E-state index contributed by atoms with van der Waals surface area (Å²) in [6.07, 6.45) is 3.02. The highest BCUT2D eigenvalue weighted by Gasteiger charge is 2.27. The molecular weight excluding hydrogens is 368 g/mol. The second-order valence-electron chi connectivity index (χ2n) is 7.83. The highest BCUT2D eigenvalue weighted by Crippen LogP contribution is 2.35. The number of rotatable bonds is 3. The third kappa shape index (κ3) is 3.01. The Labute approximate surface area is 168 Å². The number of ether oxygens (including phenoxy) is 1. The minimum absolute atomic E-state index is 0.263. The van der Waals surface area contributed by atoms with E-state index in [-0.39, 0.29) is 6.10 Å². The lowest BCUT2D eigenvalue weighted by Crippen LogP contribution is -2.26. The average Bonchev–Trinajstić information content (AvgIpc) is 3.31. The lowest BCUT2D eigenvalue weighted by molar-refractivity contribution is 0.00631. The van der Waals surface area contributed by atoms with Crippen molar-refractivity contribution in [2.24, 2.45) is 0 Å². The Balaban J connectivity index is 1.80. The summed E-state index contributed by atoms with van der Waals surface area (Å²) in [6, 6.07) is 6.89. The van der Waals surface area contributed by atoms with Gasteiger partial charge >= 0.3 is 0 Å². The number of nitrogens with zero attached hydrogens (tertiary/aromatic N) is 4. The molecule has 1 aromatic carbocycles. The van der Waals surface area contributed by atoms with Crippen LogP contribution in [0.3, 0.4) is 0 Å². The van der Waals surface area contributed by atoms with E-state index >= 15 is 0 Å². The van der Waals surface area contributed by atoms with E-state index in [1.165, 1.54) is 16.5 Å². The van der Waals surface area contributed by atoms with Gasteiger partial charge in [-0.2, -0.15) is 0 Å². The average molecular weight is 393 g/mol. The van der Waals surface area contributed by atoms with Crippen LogP contribution in [0.2, 0.25) is 0 Å². The Morgan fingerprint density at radius 3 is 2.93 bits per heavy atom. The zero-order valence-electron chi connectivity index (χ0n) is 16.5. The maximum Gasteiger partial charge on any atom is 0.116 e. The summed E-state index contributed by atoms with van der Waals surface area (Å²) in [5, 5.41) is 3.31. The second kappa shape index (κ2) is 6.94. The van der Waals surface area contributed by atoms with Crippen molar-refractivity contribution in [1.29, 1.82) is 0 Å². The smallest absolute Gasteiger partial charge is 0.116 e. The summed E-state index contributed by atoms with van der Waals surface area (Å²) in [6.45, 7) is 7.17. The van der Waals surface area contributed by atoms with Gasteiger partial charge in [0.25, 0.3) is 0 Å². The van der Waals surface area contributed by atoms with Crippen LogP contribution in [-0.2, 0) is 11.2 Å². The topological polar surface area (TPSA) is 52.8 Å². The normalized spacial score (nSPS) is 20.2. The Bertz CT molecular complexity index is 1150. The van der Waals surface area contributed by atoms with E-state index in [2.05, 4.69) is 53.9 Å². The van der Waals surface area contributed by atoms with Crippen LogP contribution in [-0.4, -0.2) is 32.2 Å². The first-order valence-electron chi connectivity index (χ1n) is 9.86. The van der Waals surface area contributed by atoms with Crippen LogP contribution in [0.15, 0.2) is 29.1 Å². The molecule has 5 rings (SSSR count). The van der Waals surface area contributed by atoms with E-state index in [1.54, 1.807) is 11.3 Å². The third-order valence-corrected chi connectivity index (χ3v) is 6.30. The van der Waals surface area contributed by atoms with E-state index in [0.717, 1.165) is 54.1 Å². The highest BCUT2D eigenvalue weighted by molar-refractivity contribution is 7.07. The van der Waals surface area contributed by atoms with E-state index in [4.69, 9.17) is 14.7 Å². The molecule has 28 heavy (non-hydrogen) atoms. The number of hydrogen-bond donors (Lipinski definition) is 0. The van der Waals surface area contributed by atoms with Gasteiger partial charge in [-0.3, -0.25) is 4.98 Å². The van der Waals surface area contributed by atoms with Gasteiger partial charge in [-0.25, -0.2) is 9.97 Å². The number of fused-ring (bicyclic) bond motifs is 3. The van der Waals surface area contributed by atoms with Gasteiger partial charge in [-0.1, -0.05) is 11.6 Å². The summed E-state index contributed by atoms with van der Waals surface area (Å²) in [5.41, 5.74) is 8.48. The van der Waals surface area contributed by atoms with Crippen LogP contribution in [0.5, 0.6) is 0 Å². The Kier molecular flexibility index (Phi) is 4.40. The molecule has 1 saturated heterocycles. The molecule has 6 heteroatoms. The zero-order valence-corrected chi connectivity index (χ0v) is 17.3. The van der Waals surface area contributed by atoms with Gasteiger partial charge in [0.2, 0.25) is 0 Å². The van der Waals surface area contributed by atoms with Gasteiger partial charge in [0, 0.05) is 29.8 Å². The molecule has 0 saturated carbocycles. The van der Waals surface area contributed by atoms with Crippen molar-refractivity contribution in [2.45, 2.75) is 52.2 Å². The molecule has 0 amide bonds. The summed E-state index contributed by atoms with van der Waals surface area (Å²) < 4.78 is 8.31. The molecule has 1 aliphatic rings. The molecule has 0 radical (unpaired) electrons. The van der Waals surface area contributed by atoms with Crippen molar-refractivity contribution in [1.82, 2.24) is 19.5 Å². The number of benzene rings is 1. The molecule has 144 valence electrons. The van der Waals surface area contributed by atoms with E-state index in [1.807, 2.05) is 5.51 Å². The minimum atomic E-state index is 0.263. The van der Waals surface area contributed by atoms with Crippen LogP contribution in [0.1, 0.15) is 48.6 Å². The summed E-state index contributed by atoms with van der Waals surface area (Å²) in [4.78, 5) is 14.4. The molecule has 5 nitrogen and oxygen atoms in total. The van der Waals surface area contributed by atoms with Gasteiger partial charge in [-0.05, 0) is 45.7 Å². The van der Waals surface area contributed by atoms with Crippen molar-refractivity contribution in [2.75, 3.05) is 6.61 Å². The predicted octanol–water partition coefficient (Wildman–Crippen LogP) is 4.99. The largest absolute Gasteiger partial charge is 0.378 e. The number of pyridine rings is 1. The molecule has 0 aliphatic carbocycles. The molecular formula is C22H24N4OS. The summed E-state index contributed by atoms with van der Waals surface area (Å²) >= 11 is 1.63. The molecule has 0 unspecified atom stereocenters. The monoisotopic (exact) mass is 392 g/mol. The molecule has 4 aromatic rings. The molecule has 2 atom stereocenters. The Morgan fingerprint density at radius 2 is 2.14 bits per heavy atom. The SMILES string of the molecule is Cc1ccc2nc(C)c3nc(Cc4cscn4)n([C@@H]4CCO[C@H](C)C4)c3c2c1. The fraction of sp³-hybridized carbons (Fsp3) is 0.409. The second-order valence-corrected chi connectivity index (χ2v) is 8.55. The van der Waals surface area contributed by atoms with Gasteiger partial charge in [0.15, 0.2) is 0 Å². The van der Waals surface area contributed by atoms with Gasteiger partial charge in [0.1, 0.15) is 11.3 Å². The number of hydrogen-bond acceptors (Lipinski definition) is 5. The van der Waals surface area contributed by atoms with Crippen molar-refractivity contribution >= 4 is 33.3 Å². The van der Waals surface area contributed by atoms with Crippen LogP contribution < -0.4 is 0 Å². The molecule has 0 bridgehead atoms. The Morgan fingerprint density at radius 1 is 1.25 bits per heavy atom.